The number of ether oxygens (including phenoxy) is 2. The van der Waals surface area contributed by atoms with Crippen LogP contribution in [0.3, 0.4) is 0 Å². The average Bonchev–Trinajstić information content (AvgIpc) is 3.07. The molecule has 0 saturated heterocycles. The van der Waals surface area contributed by atoms with E-state index in [1.807, 2.05) is 6.07 Å². The van der Waals surface area contributed by atoms with Crippen LogP contribution in [0.4, 0.5) is 13.2 Å². The summed E-state index contributed by atoms with van der Waals surface area (Å²) in [4.78, 5) is 15.9. The van der Waals surface area contributed by atoms with E-state index < -0.39 is 24.5 Å². The molecule has 0 bridgehead atoms. The molecule has 0 unspecified atom stereocenters. The van der Waals surface area contributed by atoms with Gasteiger partial charge >= 0.3 is 6.18 Å². The molecule has 0 radical (unpaired) electrons. The first-order valence-electron chi connectivity index (χ1n) is 8.83. The molecule has 0 aliphatic carbocycles. The van der Waals surface area contributed by atoms with Crippen LogP contribution in [0.15, 0.2) is 42.5 Å². The second-order valence-corrected chi connectivity index (χ2v) is 6.30. The summed E-state index contributed by atoms with van der Waals surface area (Å²) in [7, 11) is 3.06. The molecule has 2 aromatic carbocycles. The van der Waals surface area contributed by atoms with Crippen LogP contribution in [0, 0.1) is 0 Å². The monoisotopic (exact) mass is 407 g/mol. The molecular formula is C20H20F3N3O3. The first-order valence-corrected chi connectivity index (χ1v) is 8.83. The van der Waals surface area contributed by atoms with Gasteiger partial charge in [-0.15, -0.1) is 0 Å². The van der Waals surface area contributed by atoms with Crippen LogP contribution < -0.4 is 14.8 Å². The summed E-state index contributed by atoms with van der Waals surface area (Å²) in [5, 5.41) is 2.65. The largest absolute Gasteiger partial charge is 0.493 e. The Kier molecular flexibility index (Phi) is 5.95. The maximum absolute atomic E-state index is 13.3. The minimum Gasteiger partial charge on any atom is -0.493 e. The highest BCUT2D eigenvalue weighted by Gasteiger charge is 2.37. The highest BCUT2D eigenvalue weighted by molar-refractivity contribution is 5.81. The molecule has 1 amide bonds. The van der Waals surface area contributed by atoms with Crippen molar-refractivity contribution in [2.75, 3.05) is 20.8 Å². The summed E-state index contributed by atoms with van der Waals surface area (Å²) >= 11 is 0. The molecule has 1 heterocycles. The molecule has 6 nitrogen and oxygen atoms in total. The van der Waals surface area contributed by atoms with E-state index >= 15 is 0 Å². The average molecular weight is 407 g/mol. The second kappa shape index (κ2) is 8.42. The van der Waals surface area contributed by atoms with E-state index in [9.17, 15) is 18.0 Å². The fraction of sp³-hybridized carbons (Fsp3) is 0.300. The quantitative estimate of drug-likeness (QED) is 0.652. The molecule has 0 spiro atoms. The van der Waals surface area contributed by atoms with Crippen LogP contribution in [-0.4, -0.2) is 36.2 Å². The second-order valence-electron chi connectivity index (χ2n) is 6.30. The molecular weight excluding hydrogens is 387 g/mol. The third-order valence-electron chi connectivity index (χ3n) is 4.39. The first kappa shape index (κ1) is 20.5. The number of rotatable bonds is 7. The normalized spacial score (nSPS) is 11.5. The number of benzene rings is 2. The van der Waals surface area contributed by atoms with E-state index in [0.717, 1.165) is 10.1 Å². The summed E-state index contributed by atoms with van der Waals surface area (Å²) in [5.74, 6) is -0.462. The van der Waals surface area contributed by atoms with Gasteiger partial charge in [0.2, 0.25) is 11.7 Å². The van der Waals surface area contributed by atoms with Crippen LogP contribution in [0.1, 0.15) is 11.4 Å². The van der Waals surface area contributed by atoms with Gasteiger partial charge in [-0.2, -0.15) is 13.2 Å². The van der Waals surface area contributed by atoms with Gasteiger partial charge < -0.3 is 19.4 Å². The van der Waals surface area contributed by atoms with Crippen molar-refractivity contribution in [3.63, 3.8) is 0 Å². The summed E-state index contributed by atoms with van der Waals surface area (Å²) in [5.41, 5.74) is 1.35. The Labute approximate surface area is 165 Å². The molecule has 0 saturated carbocycles. The molecule has 29 heavy (non-hydrogen) atoms. The molecule has 3 rings (SSSR count). The number of imidazole rings is 1. The van der Waals surface area contributed by atoms with Crippen molar-refractivity contribution in [1.29, 1.82) is 0 Å². The Morgan fingerprint density at radius 3 is 2.52 bits per heavy atom. The van der Waals surface area contributed by atoms with E-state index in [1.54, 1.807) is 24.3 Å². The molecule has 1 N–H and O–H groups in total. The third kappa shape index (κ3) is 4.61. The lowest BCUT2D eigenvalue weighted by Crippen LogP contribution is -2.31. The number of hydrogen-bond acceptors (Lipinski definition) is 4. The van der Waals surface area contributed by atoms with Gasteiger partial charge in [-0.05, 0) is 36.2 Å². The highest BCUT2D eigenvalue weighted by Crippen LogP contribution is 2.31. The number of fused-ring (bicyclic) bond motifs is 1. The van der Waals surface area contributed by atoms with Crippen molar-refractivity contribution in [2.24, 2.45) is 0 Å². The van der Waals surface area contributed by atoms with Gasteiger partial charge in [-0.1, -0.05) is 18.2 Å². The predicted molar refractivity (Wildman–Crippen MR) is 101 cm³/mol. The zero-order valence-electron chi connectivity index (χ0n) is 15.9. The van der Waals surface area contributed by atoms with Crippen molar-refractivity contribution in [2.45, 2.75) is 19.1 Å². The van der Waals surface area contributed by atoms with Crippen molar-refractivity contribution < 1.29 is 27.4 Å². The molecule has 0 fully saturated rings. The fourth-order valence-corrected chi connectivity index (χ4v) is 3.03. The van der Waals surface area contributed by atoms with Crippen molar-refractivity contribution in [3.05, 3.63) is 53.9 Å². The number of halogens is 3. The van der Waals surface area contributed by atoms with E-state index in [1.165, 1.54) is 26.4 Å². The number of para-hydroxylation sites is 2. The van der Waals surface area contributed by atoms with Gasteiger partial charge in [0, 0.05) is 6.54 Å². The fourth-order valence-electron chi connectivity index (χ4n) is 3.03. The maximum Gasteiger partial charge on any atom is 0.449 e. The van der Waals surface area contributed by atoms with E-state index in [2.05, 4.69) is 10.3 Å². The molecule has 0 atom stereocenters. The minimum absolute atomic E-state index is 0.193. The lowest BCUT2D eigenvalue weighted by Gasteiger charge is -2.12. The Hall–Kier alpha value is -3.23. The molecule has 9 heteroatoms. The number of aromatic nitrogens is 2. The number of amides is 1. The maximum atomic E-state index is 13.3. The minimum atomic E-state index is -4.65. The summed E-state index contributed by atoms with van der Waals surface area (Å²) in [6, 6.07) is 11.6. The lowest BCUT2D eigenvalue weighted by molar-refractivity contribution is -0.147. The molecule has 154 valence electrons. The summed E-state index contributed by atoms with van der Waals surface area (Å²) in [6.07, 6.45) is -4.16. The van der Waals surface area contributed by atoms with Gasteiger partial charge in [0.25, 0.3) is 0 Å². The van der Waals surface area contributed by atoms with Gasteiger partial charge in [-0.25, -0.2) is 4.98 Å². The topological polar surface area (TPSA) is 65.4 Å². The van der Waals surface area contributed by atoms with Crippen LogP contribution in [0.2, 0.25) is 0 Å². The number of alkyl halides is 3. The summed E-state index contributed by atoms with van der Waals surface area (Å²) < 4.78 is 51.2. The first-order chi connectivity index (χ1) is 13.8. The Morgan fingerprint density at radius 1 is 1.10 bits per heavy atom. The Balaban J connectivity index is 1.67. The molecule has 3 aromatic rings. The van der Waals surface area contributed by atoms with Crippen LogP contribution in [0.25, 0.3) is 11.0 Å². The van der Waals surface area contributed by atoms with Crippen LogP contribution >= 0.6 is 0 Å². The Bertz CT molecular complexity index is 1020. The van der Waals surface area contributed by atoms with Crippen LogP contribution in [0.5, 0.6) is 11.5 Å². The van der Waals surface area contributed by atoms with Crippen molar-refractivity contribution >= 4 is 16.9 Å². The molecule has 1 aromatic heterocycles. The predicted octanol–water partition coefficient (Wildman–Crippen LogP) is 3.43. The van der Waals surface area contributed by atoms with E-state index in [-0.39, 0.29) is 17.6 Å². The summed E-state index contributed by atoms with van der Waals surface area (Å²) in [6.45, 7) is -0.205. The third-order valence-corrected chi connectivity index (χ3v) is 4.39. The number of hydrogen-bond donors (Lipinski definition) is 1. The molecule has 0 aliphatic rings. The highest BCUT2D eigenvalue weighted by atomic mass is 19.4. The van der Waals surface area contributed by atoms with Gasteiger partial charge in [0.15, 0.2) is 11.5 Å². The number of carbonyl (C=O) groups excluding carboxylic acids is 1. The van der Waals surface area contributed by atoms with Crippen molar-refractivity contribution in [3.8, 4) is 11.5 Å². The SMILES string of the molecule is COc1ccc(CCNC(=O)Cn2c(C(F)(F)F)nc3ccccc32)cc1OC. The molecule has 0 aliphatic heterocycles. The van der Waals surface area contributed by atoms with E-state index in [4.69, 9.17) is 9.47 Å². The standard InChI is InChI=1S/C20H20F3N3O3/c1-28-16-8-7-13(11-17(16)29-2)9-10-24-18(27)12-26-15-6-4-3-5-14(15)25-19(26)20(21,22)23/h3-8,11H,9-10,12H2,1-2H3,(H,24,27). The number of carbonyl (C=O) groups is 1. The van der Waals surface area contributed by atoms with Gasteiger partial charge in [0.05, 0.1) is 25.3 Å². The number of nitrogens with one attached hydrogen (secondary N) is 1. The smallest absolute Gasteiger partial charge is 0.449 e. The zero-order chi connectivity index (χ0) is 21.0. The number of methoxy groups -OCH3 is 2. The lowest BCUT2D eigenvalue weighted by atomic mass is 10.1. The van der Waals surface area contributed by atoms with Crippen molar-refractivity contribution in [1.82, 2.24) is 14.9 Å². The van der Waals surface area contributed by atoms with Crippen LogP contribution in [-0.2, 0) is 23.9 Å². The van der Waals surface area contributed by atoms with E-state index in [0.29, 0.717) is 17.9 Å². The van der Waals surface area contributed by atoms with Gasteiger partial charge in [-0.3, -0.25) is 4.79 Å². The number of nitrogens with zero attached hydrogens (tertiary/aromatic N) is 2. The zero-order valence-corrected chi connectivity index (χ0v) is 15.9. The Morgan fingerprint density at radius 2 is 1.83 bits per heavy atom. The van der Waals surface area contributed by atoms with Gasteiger partial charge in [0.1, 0.15) is 6.54 Å².